The fourth-order valence-electron chi connectivity index (χ4n) is 2.95. The van der Waals surface area contributed by atoms with Gasteiger partial charge in [0.2, 0.25) is 11.8 Å². The molecule has 10 nitrogen and oxygen atoms in total. The molecule has 2 amide bonds. The molecule has 0 aliphatic heterocycles. The molecule has 4 N–H and O–H groups in total. The molecule has 10 heteroatoms. The van der Waals surface area contributed by atoms with Gasteiger partial charge in [-0.15, -0.1) is 6.42 Å². The van der Waals surface area contributed by atoms with Gasteiger partial charge in [-0.2, -0.15) is 0 Å². The number of fused-ring (bicyclic) bond motifs is 1. The van der Waals surface area contributed by atoms with E-state index in [1.165, 1.54) is 11.8 Å². The molecule has 0 aliphatic carbocycles. The first-order valence-electron chi connectivity index (χ1n) is 10.0. The van der Waals surface area contributed by atoms with Crippen molar-refractivity contribution in [3.63, 3.8) is 0 Å². The van der Waals surface area contributed by atoms with Crippen molar-refractivity contribution >= 4 is 39.9 Å². The summed E-state index contributed by atoms with van der Waals surface area (Å²) in [5.41, 5.74) is 3.92. The van der Waals surface area contributed by atoms with Gasteiger partial charge in [0.15, 0.2) is 0 Å². The smallest absolute Gasteiger partial charge is 0.243 e. The fourth-order valence-corrected chi connectivity index (χ4v) is 2.95. The summed E-state index contributed by atoms with van der Waals surface area (Å²) < 4.78 is 10.8. The lowest BCUT2D eigenvalue weighted by Gasteiger charge is -2.15. The quantitative estimate of drug-likeness (QED) is 0.161. The summed E-state index contributed by atoms with van der Waals surface area (Å²) >= 11 is 0. The Balaban J connectivity index is 1.94. The number of methoxy groups -OCH3 is 1. The van der Waals surface area contributed by atoms with Crippen molar-refractivity contribution in [2.24, 2.45) is 0 Å². The number of carbonyl (C=O) groups excluding carboxylic acids is 2. The number of ether oxygens (including phenoxy) is 2. The highest BCUT2D eigenvalue weighted by Crippen LogP contribution is 2.33. The second-order valence-corrected chi connectivity index (χ2v) is 6.86. The average Bonchev–Trinajstić information content (AvgIpc) is 2.83. The average molecular weight is 449 g/mol. The van der Waals surface area contributed by atoms with Crippen LogP contribution in [0.1, 0.15) is 18.4 Å². The normalized spacial score (nSPS) is 10.3. The standard InChI is InChI=1S/C23H23N5O5/c1-3-15-5-4-6-16(11-15)26-23-17-12-19(27-21(29)7-8-22(30)28-31)20(33-10-9-32-2)13-18(17)24-14-25-23/h1,4-6,11-14,31H,7-10H2,2H3,(H,27,29)(H,28,30)(H,24,25,26). The van der Waals surface area contributed by atoms with Gasteiger partial charge < -0.3 is 20.1 Å². The van der Waals surface area contributed by atoms with E-state index >= 15 is 0 Å². The monoisotopic (exact) mass is 449 g/mol. The van der Waals surface area contributed by atoms with Crippen LogP contribution in [0.3, 0.4) is 0 Å². The molecule has 170 valence electrons. The summed E-state index contributed by atoms with van der Waals surface area (Å²) in [5.74, 6) is 2.39. The van der Waals surface area contributed by atoms with Gasteiger partial charge in [-0.05, 0) is 24.3 Å². The largest absolute Gasteiger partial charge is 0.489 e. The van der Waals surface area contributed by atoms with E-state index in [1.54, 1.807) is 19.2 Å². The van der Waals surface area contributed by atoms with Crippen molar-refractivity contribution in [1.29, 1.82) is 0 Å². The lowest BCUT2D eigenvalue weighted by Crippen LogP contribution is -2.21. The predicted octanol–water partition coefficient (Wildman–Crippen LogP) is 2.60. The molecule has 0 bridgehead atoms. The first-order chi connectivity index (χ1) is 16.0. The number of nitrogens with zero attached hydrogens (tertiary/aromatic N) is 2. The zero-order valence-corrected chi connectivity index (χ0v) is 17.9. The molecule has 0 radical (unpaired) electrons. The van der Waals surface area contributed by atoms with Gasteiger partial charge in [0.05, 0.1) is 17.8 Å². The summed E-state index contributed by atoms with van der Waals surface area (Å²) in [7, 11) is 1.55. The third kappa shape index (κ3) is 6.39. The SMILES string of the molecule is C#Cc1cccc(Nc2ncnc3cc(OCCOC)c(NC(=O)CCC(=O)NO)cc23)c1. The number of anilines is 3. The molecule has 0 unspecified atom stereocenters. The number of hydrogen-bond acceptors (Lipinski definition) is 8. The van der Waals surface area contributed by atoms with Crippen LogP contribution in [0.5, 0.6) is 5.75 Å². The molecule has 0 fully saturated rings. The van der Waals surface area contributed by atoms with Gasteiger partial charge >= 0.3 is 0 Å². The molecule has 3 aromatic rings. The van der Waals surface area contributed by atoms with Crippen molar-refractivity contribution in [3.8, 4) is 18.1 Å². The van der Waals surface area contributed by atoms with Crippen LogP contribution in [0.2, 0.25) is 0 Å². The van der Waals surface area contributed by atoms with Crippen LogP contribution in [-0.4, -0.2) is 47.3 Å². The highest BCUT2D eigenvalue weighted by molar-refractivity contribution is 6.00. The van der Waals surface area contributed by atoms with Gasteiger partial charge in [-0.3, -0.25) is 14.8 Å². The maximum atomic E-state index is 12.4. The number of terminal acetylenes is 1. The van der Waals surface area contributed by atoms with E-state index in [0.29, 0.717) is 40.3 Å². The van der Waals surface area contributed by atoms with E-state index in [0.717, 1.165) is 5.69 Å². The third-order valence-corrected chi connectivity index (χ3v) is 4.55. The van der Waals surface area contributed by atoms with Crippen molar-refractivity contribution < 1.29 is 24.3 Å². The van der Waals surface area contributed by atoms with E-state index in [2.05, 4.69) is 26.5 Å². The molecule has 0 saturated carbocycles. The maximum Gasteiger partial charge on any atom is 0.243 e. The van der Waals surface area contributed by atoms with Gasteiger partial charge in [-0.25, -0.2) is 15.4 Å². The van der Waals surface area contributed by atoms with Crippen LogP contribution in [-0.2, 0) is 14.3 Å². The lowest BCUT2D eigenvalue weighted by molar-refractivity contribution is -0.131. The Labute approximate surface area is 190 Å². The van der Waals surface area contributed by atoms with Crippen LogP contribution in [0.15, 0.2) is 42.7 Å². The molecular weight excluding hydrogens is 426 g/mol. The molecule has 3 rings (SSSR count). The molecule has 0 saturated heterocycles. The Morgan fingerprint density at radius 2 is 1.94 bits per heavy atom. The maximum absolute atomic E-state index is 12.4. The Morgan fingerprint density at radius 3 is 2.70 bits per heavy atom. The summed E-state index contributed by atoms with van der Waals surface area (Å²) in [4.78, 5) is 32.2. The zero-order valence-electron chi connectivity index (χ0n) is 17.9. The summed E-state index contributed by atoms with van der Waals surface area (Å²) in [6, 6.07) is 10.7. The van der Waals surface area contributed by atoms with Crippen molar-refractivity contribution in [2.45, 2.75) is 12.8 Å². The topological polar surface area (TPSA) is 135 Å². The Morgan fingerprint density at radius 1 is 1.12 bits per heavy atom. The Bertz CT molecular complexity index is 1190. The first-order valence-corrected chi connectivity index (χ1v) is 10.0. The highest BCUT2D eigenvalue weighted by Gasteiger charge is 2.15. The lowest BCUT2D eigenvalue weighted by atomic mass is 10.1. The third-order valence-electron chi connectivity index (χ3n) is 4.55. The first kappa shape index (κ1) is 23.5. The van der Waals surface area contributed by atoms with Crippen LogP contribution >= 0.6 is 0 Å². The number of benzene rings is 2. The van der Waals surface area contributed by atoms with Gasteiger partial charge in [-0.1, -0.05) is 12.0 Å². The summed E-state index contributed by atoms with van der Waals surface area (Å²) in [5, 5.41) is 15.2. The van der Waals surface area contributed by atoms with Gasteiger partial charge in [0.1, 0.15) is 24.5 Å². The van der Waals surface area contributed by atoms with Crippen LogP contribution < -0.4 is 20.9 Å². The van der Waals surface area contributed by atoms with E-state index in [4.69, 9.17) is 21.1 Å². The molecular formula is C23H23N5O5. The number of hydroxylamine groups is 1. The Kier molecular flexibility index (Phi) is 8.13. The molecule has 1 heterocycles. The molecule has 0 spiro atoms. The number of rotatable bonds is 10. The number of aromatic nitrogens is 2. The van der Waals surface area contributed by atoms with Crippen LogP contribution in [0, 0.1) is 12.3 Å². The number of hydrogen-bond donors (Lipinski definition) is 4. The van der Waals surface area contributed by atoms with E-state index < -0.39 is 11.8 Å². The minimum Gasteiger partial charge on any atom is -0.489 e. The molecule has 2 aromatic carbocycles. The number of carbonyl (C=O) groups is 2. The van der Waals surface area contributed by atoms with E-state index in [1.807, 2.05) is 24.3 Å². The van der Waals surface area contributed by atoms with E-state index in [-0.39, 0.29) is 19.4 Å². The minimum absolute atomic E-state index is 0.128. The second kappa shape index (κ2) is 11.4. The van der Waals surface area contributed by atoms with Crippen molar-refractivity contribution in [1.82, 2.24) is 15.4 Å². The fraction of sp³-hybridized carbons (Fsp3) is 0.217. The molecule has 1 aromatic heterocycles. The number of nitrogens with one attached hydrogen (secondary N) is 3. The molecule has 33 heavy (non-hydrogen) atoms. The number of amides is 2. The predicted molar refractivity (Wildman–Crippen MR) is 122 cm³/mol. The second-order valence-electron chi connectivity index (χ2n) is 6.86. The van der Waals surface area contributed by atoms with Crippen molar-refractivity contribution in [3.05, 3.63) is 48.3 Å². The van der Waals surface area contributed by atoms with E-state index in [9.17, 15) is 9.59 Å². The van der Waals surface area contributed by atoms with Gasteiger partial charge in [0.25, 0.3) is 0 Å². The van der Waals surface area contributed by atoms with Crippen molar-refractivity contribution in [2.75, 3.05) is 31.0 Å². The van der Waals surface area contributed by atoms with Crippen LogP contribution in [0.25, 0.3) is 10.9 Å². The highest BCUT2D eigenvalue weighted by atomic mass is 16.5. The summed E-state index contributed by atoms with van der Waals surface area (Å²) in [6.45, 7) is 0.608. The Hall–Kier alpha value is -4.20. The van der Waals surface area contributed by atoms with Crippen LogP contribution in [0.4, 0.5) is 17.2 Å². The molecule has 0 atom stereocenters. The minimum atomic E-state index is -0.658. The summed E-state index contributed by atoms with van der Waals surface area (Å²) in [6.07, 6.45) is 6.60. The molecule has 0 aliphatic rings. The van der Waals surface area contributed by atoms with Gasteiger partial charge in [0, 0.05) is 42.7 Å². The zero-order chi connectivity index (χ0) is 23.6.